The lowest BCUT2D eigenvalue weighted by Crippen LogP contribution is -2.21. The van der Waals surface area contributed by atoms with Crippen molar-refractivity contribution in [2.75, 3.05) is 0 Å². The summed E-state index contributed by atoms with van der Waals surface area (Å²) in [5.74, 6) is 0.634. The van der Waals surface area contributed by atoms with Gasteiger partial charge in [-0.3, -0.25) is 0 Å². The smallest absolute Gasteiger partial charge is 0.303 e. The highest BCUT2D eigenvalue weighted by atomic mass is 19.4. The quantitative estimate of drug-likeness (QED) is 0.942. The third-order valence-corrected chi connectivity index (χ3v) is 3.06. The molecule has 4 nitrogen and oxygen atoms in total. The van der Waals surface area contributed by atoms with Crippen LogP contribution in [0.2, 0.25) is 0 Å². The number of aryl methyl sites for hydroxylation is 1. The summed E-state index contributed by atoms with van der Waals surface area (Å²) in [6, 6.07) is 4.05. The van der Waals surface area contributed by atoms with Crippen LogP contribution in [0.15, 0.2) is 30.6 Å². The van der Waals surface area contributed by atoms with Crippen molar-refractivity contribution in [2.45, 2.75) is 32.6 Å². The van der Waals surface area contributed by atoms with Crippen LogP contribution < -0.4 is 5.32 Å². The first-order valence-electron chi connectivity index (χ1n) is 6.42. The van der Waals surface area contributed by atoms with E-state index in [2.05, 4.69) is 20.3 Å². The number of alkyl halides is 3. The number of pyridine rings is 1. The van der Waals surface area contributed by atoms with Gasteiger partial charge >= 0.3 is 6.18 Å². The summed E-state index contributed by atoms with van der Waals surface area (Å²) in [5, 5.41) is 3.17. The number of aromatic nitrogens is 3. The van der Waals surface area contributed by atoms with Gasteiger partial charge in [0.2, 0.25) is 0 Å². The Bertz CT molecular complexity index is 599. The Morgan fingerprint density at radius 2 is 1.86 bits per heavy atom. The Kier molecular flexibility index (Phi) is 4.52. The molecule has 2 heterocycles. The van der Waals surface area contributed by atoms with E-state index < -0.39 is 11.9 Å². The highest BCUT2D eigenvalue weighted by Gasteiger charge is 2.32. The third-order valence-electron chi connectivity index (χ3n) is 3.06. The first kappa shape index (κ1) is 15.4. The van der Waals surface area contributed by atoms with E-state index in [1.165, 1.54) is 6.07 Å². The molecule has 0 saturated carbocycles. The number of hydrogen-bond donors (Lipinski definition) is 1. The molecule has 1 unspecified atom stereocenters. The second kappa shape index (κ2) is 6.17. The lowest BCUT2D eigenvalue weighted by molar-refractivity contribution is -0.141. The SMILES string of the molecule is Cc1nc(C(F)(F)F)ccc1CNC(C)c1ncccn1. The summed E-state index contributed by atoms with van der Waals surface area (Å²) in [6.45, 7) is 3.86. The molecule has 2 rings (SSSR count). The Labute approximate surface area is 120 Å². The fourth-order valence-corrected chi connectivity index (χ4v) is 1.82. The normalized spacial score (nSPS) is 13.2. The third kappa shape index (κ3) is 3.98. The summed E-state index contributed by atoms with van der Waals surface area (Å²) in [7, 11) is 0. The van der Waals surface area contributed by atoms with Crippen LogP contribution in [0.4, 0.5) is 13.2 Å². The fourth-order valence-electron chi connectivity index (χ4n) is 1.82. The van der Waals surface area contributed by atoms with E-state index in [1.807, 2.05) is 6.92 Å². The molecule has 2 aromatic rings. The highest BCUT2D eigenvalue weighted by Crippen LogP contribution is 2.28. The highest BCUT2D eigenvalue weighted by molar-refractivity contribution is 5.23. The molecule has 7 heteroatoms. The zero-order chi connectivity index (χ0) is 15.5. The standard InChI is InChI=1S/C14H15F3N4/c1-9-11(4-5-12(21-9)14(15,16)17)8-20-10(2)13-18-6-3-7-19-13/h3-7,10,20H,8H2,1-2H3. The number of hydrogen-bond acceptors (Lipinski definition) is 4. The molecule has 21 heavy (non-hydrogen) atoms. The summed E-state index contributed by atoms with van der Waals surface area (Å²) in [4.78, 5) is 11.8. The molecule has 2 aromatic heterocycles. The van der Waals surface area contributed by atoms with Crippen molar-refractivity contribution >= 4 is 0 Å². The molecule has 0 aliphatic carbocycles. The number of halogens is 3. The van der Waals surface area contributed by atoms with E-state index in [0.29, 0.717) is 23.6 Å². The predicted molar refractivity (Wildman–Crippen MR) is 71.3 cm³/mol. The maximum atomic E-state index is 12.5. The van der Waals surface area contributed by atoms with Gasteiger partial charge in [0.1, 0.15) is 11.5 Å². The van der Waals surface area contributed by atoms with Crippen molar-refractivity contribution in [3.63, 3.8) is 0 Å². The molecule has 1 N–H and O–H groups in total. The number of rotatable bonds is 4. The van der Waals surface area contributed by atoms with Crippen LogP contribution in [0.1, 0.15) is 35.7 Å². The van der Waals surface area contributed by atoms with Crippen molar-refractivity contribution in [3.8, 4) is 0 Å². The van der Waals surface area contributed by atoms with E-state index >= 15 is 0 Å². The van der Waals surface area contributed by atoms with Crippen molar-refractivity contribution in [1.82, 2.24) is 20.3 Å². The molecule has 112 valence electrons. The Morgan fingerprint density at radius 1 is 1.19 bits per heavy atom. The van der Waals surface area contributed by atoms with Crippen LogP contribution in [0.25, 0.3) is 0 Å². The van der Waals surface area contributed by atoms with Crippen molar-refractivity contribution < 1.29 is 13.2 Å². The zero-order valence-electron chi connectivity index (χ0n) is 11.6. The van der Waals surface area contributed by atoms with Crippen LogP contribution in [-0.2, 0) is 12.7 Å². The van der Waals surface area contributed by atoms with Gasteiger partial charge in [-0.05, 0) is 31.5 Å². The number of nitrogens with zero attached hydrogens (tertiary/aromatic N) is 3. The molecule has 0 aliphatic rings. The summed E-state index contributed by atoms with van der Waals surface area (Å²) in [6.07, 6.45) is -1.13. The maximum absolute atomic E-state index is 12.5. The van der Waals surface area contributed by atoms with Crippen molar-refractivity contribution in [2.24, 2.45) is 0 Å². The minimum Gasteiger partial charge on any atom is -0.303 e. The molecular formula is C14H15F3N4. The Morgan fingerprint density at radius 3 is 2.43 bits per heavy atom. The van der Waals surface area contributed by atoms with Gasteiger partial charge in [-0.15, -0.1) is 0 Å². The predicted octanol–water partition coefficient (Wildman–Crippen LogP) is 3.05. The van der Waals surface area contributed by atoms with E-state index in [1.54, 1.807) is 25.4 Å². The first-order chi connectivity index (χ1) is 9.88. The molecule has 0 bridgehead atoms. The molecule has 0 saturated heterocycles. The largest absolute Gasteiger partial charge is 0.433 e. The topological polar surface area (TPSA) is 50.7 Å². The van der Waals surface area contributed by atoms with Gasteiger partial charge in [-0.25, -0.2) is 15.0 Å². The maximum Gasteiger partial charge on any atom is 0.433 e. The molecule has 0 amide bonds. The summed E-state index contributed by atoms with van der Waals surface area (Å²) in [5.41, 5.74) is 0.201. The van der Waals surface area contributed by atoms with Crippen LogP contribution in [0, 0.1) is 6.92 Å². The van der Waals surface area contributed by atoms with Gasteiger partial charge in [0.15, 0.2) is 0 Å². The van der Waals surface area contributed by atoms with E-state index in [9.17, 15) is 13.2 Å². The molecule has 1 atom stereocenters. The second-order valence-electron chi connectivity index (χ2n) is 4.65. The molecule has 0 aromatic carbocycles. The minimum atomic E-state index is -4.41. The average molecular weight is 296 g/mol. The monoisotopic (exact) mass is 296 g/mol. The van der Waals surface area contributed by atoms with E-state index in [0.717, 1.165) is 6.07 Å². The van der Waals surface area contributed by atoms with E-state index in [-0.39, 0.29) is 6.04 Å². The van der Waals surface area contributed by atoms with Crippen LogP contribution >= 0.6 is 0 Å². The van der Waals surface area contributed by atoms with Gasteiger partial charge in [-0.1, -0.05) is 6.07 Å². The molecule has 0 radical (unpaired) electrons. The Balaban J connectivity index is 2.04. The molecular weight excluding hydrogens is 281 g/mol. The van der Waals surface area contributed by atoms with Crippen LogP contribution in [0.3, 0.4) is 0 Å². The second-order valence-corrected chi connectivity index (χ2v) is 4.65. The van der Waals surface area contributed by atoms with Gasteiger partial charge < -0.3 is 5.32 Å². The zero-order valence-corrected chi connectivity index (χ0v) is 11.6. The van der Waals surface area contributed by atoms with Gasteiger partial charge in [0.25, 0.3) is 0 Å². The summed E-state index contributed by atoms with van der Waals surface area (Å²) < 4.78 is 37.6. The van der Waals surface area contributed by atoms with Crippen LogP contribution in [-0.4, -0.2) is 15.0 Å². The molecule has 0 aliphatic heterocycles. The molecule has 0 fully saturated rings. The van der Waals surface area contributed by atoms with Crippen LogP contribution in [0.5, 0.6) is 0 Å². The summed E-state index contributed by atoms with van der Waals surface area (Å²) >= 11 is 0. The minimum absolute atomic E-state index is 0.104. The van der Waals surface area contributed by atoms with Gasteiger partial charge in [-0.2, -0.15) is 13.2 Å². The lowest BCUT2D eigenvalue weighted by atomic mass is 10.1. The van der Waals surface area contributed by atoms with Crippen molar-refractivity contribution in [3.05, 3.63) is 53.4 Å². The fraction of sp³-hybridized carbons (Fsp3) is 0.357. The van der Waals surface area contributed by atoms with Gasteiger partial charge in [0.05, 0.1) is 6.04 Å². The van der Waals surface area contributed by atoms with Gasteiger partial charge in [0, 0.05) is 24.6 Å². The average Bonchev–Trinajstić information content (AvgIpc) is 2.45. The molecule has 0 spiro atoms. The lowest BCUT2D eigenvalue weighted by Gasteiger charge is -2.14. The first-order valence-corrected chi connectivity index (χ1v) is 6.42. The van der Waals surface area contributed by atoms with E-state index in [4.69, 9.17) is 0 Å². The van der Waals surface area contributed by atoms with Crippen molar-refractivity contribution in [1.29, 1.82) is 0 Å². The Hall–Kier alpha value is -2.02. The number of nitrogens with one attached hydrogen (secondary N) is 1.